The highest BCUT2D eigenvalue weighted by molar-refractivity contribution is 5.98. The summed E-state index contributed by atoms with van der Waals surface area (Å²) >= 11 is 0. The van der Waals surface area contributed by atoms with E-state index in [1.165, 1.54) is 6.07 Å². The first kappa shape index (κ1) is 14.0. The van der Waals surface area contributed by atoms with Crippen LogP contribution in [0.3, 0.4) is 0 Å². The maximum absolute atomic E-state index is 13.5. The van der Waals surface area contributed by atoms with Gasteiger partial charge in [-0.05, 0) is 12.1 Å². The summed E-state index contributed by atoms with van der Waals surface area (Å²) in [6.45, 7) is 1.03. The van der Waals surface area contributed by atoms with Crippen LogP contribution in [0.15, 0.2) is 18.2 Å². The third-order valence-electron chi connectivity index (χ3n) is 3.04. The molecular formula is C13H15F2NO3. The lowest BCUT2D eigenvalue weighted by atomic mass is 10.1. The largest absolute Gasteiger partial charge is 0.394 e. The molecule has 1 saturated heterocycles. The number of morpholine rings is 1. The number of benzene rings is 1. The van der Waals surface area contributed by atoms with Crippen LogP contribution in [-0.2, 0) is 4.74 Å². The summed E-state index contributed by atoms with van der Waals surface area (Å²) in [7, 11) is 0. The zero-order valence-electron chi connectivity index (χ0n) is 10.3. The van der Waals surface area contributed by atoms with E-state index in [0.717, 1.165) is 12.1 Å². The van der Waals surface area contributed by atoms with Crippen LogP contribution in [0.25, 0.3) is 0 Å². The minimum atomic E-state index is -0.850. The molecule has 1 N–H and O–H groups in total. The van der Waals surface area contributed by atoms with Crippen molar-refractivity contribution >= 4 is 5.78 Å². The quantitative estimate of drug-likeness (QED) is 0.825. The minimum absolute atomic E-state index is 0.0856. The van der Waals surface area contributed by atoms with Crippen molar-refractivity contribution in [3.05, 3.63) is 35.4 Å². The number of nitrogens with zero attached hydrogens (tertiary/aromatic N) is 1. The van der Waals surface area contributed by atoms with Gasteiger partial charge in [-0.15, -0.1) is 0 Å². The van der Waals surface area contributed by atoms with Gasteiger partial charge in [0, 0.05) is 13.1 Å². The number of halogens is 2. The first-order valence-corrected chi connectivity index (χ1v) is 6.04. The van der Waals surface area contributed by atoms with Gasteiger partial charge in [-0.25, -0.2) is 8.78 Å². The molecule has 1 fully saturated rings. The van der Waals surface area contributed by atoms with E-state index < -0.39 is 23.0 Å². The van der Waals surface area contributed by atoms with Crippen LogP contribution >= 0.6 is 0 Å². The van der Waals surface area contributed by atoms with E-state index in [1.54, 1.807) is 4.90 Å². The summed E-state index contributed by atoms with van der Waals surface area (Å²) in [5.74, 6) is -2.30. The molecule has 1 aromatic carbocycles. The smallest absolute Gasteiger partial charge is 0.182 e. The molecule has 1 heterocycles. The predicted molar refractivity (Wildman–Crippen MR) is 64.0 cm³/mol. The molecule has 2 rings (SSSR count). The topological polar surface area (TPSA) is 49.8 Å². The number of aliphatic hydroxyl groups is 1. The zero-order valence-corrected chi connectivity index (χ0v) is 10.3. The molecule has 104 valence electrons. The molecule has 1 aliphatic heterocycles. The van der Waals surface area contributed by atoms with Crippen LogP contribution in [0, 0.1) is 11.6 Å². The second-order valence-electron chi connectivity index (χ2n) is 4.43. The Labute approximate surface area is 109 Å². The van der Waals surface area contributed by atoms with Crippen LogP contribution in [0.1, 0.15) is 10.4 Å². The Morgan fingerprint density at radius 2 is 2.11 bits per heavy atom. The zero-order chi connectivity index (χ0) is 13.8. The van der Waals surface area contributed by atoms with Gasteiger partial charge in [0.1, 0.15) is 11.6 Å². The molecule has 1 atom stereocenters. The number of hydrogen-bond acceptors (Lipinski definition) is 4. The third-order valence-corrected chi connectivity index (χ3v) is 3.04. The fourth-order valence-electron chi connectivity index (χ4n) is 2.08. The SMILES string of the molecule is O=C(CN1CCOC(CO)C1)c1c(F)cccc1F. The van der Waals surface area contributed by atoms with Gasteiger partial charge in [-0.2, -0.15) is 0 Å². The van der Waals surface area contributed by atoms with Gasteiger partial charge in [0.05, 0.1) is 31.4 Å². The molecule has 4 nitrogen and oxygen atoms in total. The van der Waals surface area contributed by atoms with Crippen molar-refractivity contribution in [1.82, 2.24) is 4.90 Å². The minimum Gasteiger partial charge on any atom is -0.394 e. The summed E-state index contributed by atoms with van der Waals surface area (Å²) in [6, 6.07) is 3.34. The number of Topliss-reactive ketones (excluding diaryl/α,β-unsaturated/α-hetero) is 1. The number of carbonyl (C=O) groups is 1. The predicted octanol–water partition coefficient (Wildman–Crippen LogP) is 0.841. The molecule has 19 heavy (non-hydrogen) atoms. The van der Waals surface area contributed by atoms with Crippen molar-refractivity contribution in [2.24, 2.45) is 0 Å². The normalized spacial score (nSPS) is 20.5. The highest BCUT2D eigenvalue weighted by atomic mass is 19.1. The van der Waals surface area contributed by atoms with Crippen LogP contribution in [0.5, 0.6) is 0 Å². The van der Waals surface area contributed by atoms with Gasteiger partial charge < -0.3 is 9.84 Å². The highest BCUT2D eigenvalue weighted by Gasteiger charge is 2.24. The number of hydrogen-bond donors (Lipinski definition) is 1. The molecule has 0 aromatic heterocycles. The summed E-state index contributed by atoms with van der Waals surface area (Å²) in [6.07, 6.45) is -0.355. The van der Waals surface area contributed by atoms with Crippen LogP contribution in [0.4, 0.5) is 8.78 Å². The summed E-state index contributed by atoms with van der Waals surface area (Å²) < 4.78 is 32.1. The molecule has 0 radical (unpaired) electrons. The average molecular weight is 271 g/mol. The summed E-state index contributed by atoms with van der Waals surface area (Å²) in [5, 5.41) is 8.99. The number of ketones is 1. The fourth-order valence-corrected chi connectivity index (χ4v) is 2.08. The molecule has 6 heteroatoms. The van der Waals surface area contributed by atoms with Gasteiger partial charge in [0.15, 0.2) is 5.78 Å². The lowest BCUT2D eigenvalue weighted by molar-refractivity contribution is -0.0503. The lowest BCUT2D eigenvalue weighted by Gasteiger charge is -2.31. The molecule has 0 spiro atoms. The Morgan fingerprint density at radius 3 is 2.74 bits per heavy atom. The molecule has 1 unspecified atom stereocenters. The van der Waals surface area contributed by atoms with Crippen molar-refractivity contribution < 1.29 is 23.4 Å². The molecule has 1 aromatic rings. The number of rotatable bonds is 4. The van der Waals surface area contributed by atoms with E-state index in [1.807, 2.05) is 0 Å². The molecular weight excluding hydrogens is 256 g/mol. The van der Waals surface area contributed by atoms with E-state index in [-0.39, 0.29) is 19.3 Å². The summed E-state index contributed by atoms with van der Waals surface area (Å²) in [4.78, 5) is 13.6. The molecule has 0 saturated carbocycles. The Balaban J connectivity index is 2.05. The van der Waals surface area contributed by atoms with Gasteiger partial charge in [-0.3, -0.25) is 9.69 Å². The third kappa shape index (κ3) is 3.34. The van der Waals surface area contributed by atoms with Crippen molar-refractivity contribution in [3.8, 4) is 0 Å². The van der Waals surface area contributed by atoms with Gasteiger partial charge in [0.2, 0.25) is 0 Å². The lowest BCUT2D eigenvalue weighted by Crippen LogP contribution is -2.46. The van der Waals surface area contributed by atoms with E-state index in [4.69, 9.17) is 9.84 Å². The summed E-state index contributed by atoms with van der Waals surface area (Å²) in [5.41, 5.74) is -0.505. The first-order valence-electron chi connectivity index (χ1n) is 6.04. The molecule has 0 amide bonds. The van der Waals surface area contributed by atoms with E-state index in [0.29, 0.717) is 19.7 Å². The monoisotopic (exact) mass is 271 g/mol. The van der Waals surface area contributed by atoms with E-state index in [9.17, 15) is 13.6 Å². The second-order valence-corrected chi connectivity index (χ2v) is 4.43. The van der Waals surface area contributed by atoms with Gasteiger partial charge in [-0.1, -0.05) is 6.07 Å². The Bertz CT molecular complexity index is 447. The average Bonchev–Trinajstić information content (AvgIpc) is 2.38. The van der Waals surface area contributed by atoms with Gasteiger partial charge >= 0.3 is 0 Å². The Morgan fingerprint density at radius 1 is 1.42 bits per heavy atom. The van der Waals surface area contributed by atoms with Crippen molar-refractivity contribution in [1.29, 1.82) is 0 Å². The van der Waals surface area contributed by atoms with Crippen molar-refractivity contribution in [3.63, 3.8) is 0 Å². The molecule has 0 bridgehead atoms. The Hall–Kier alpha value is -1.37. The Kier molecular flexibility index (Phi) is 4.57. The van der Waals surface area contributed by atoms with Crippen LogP contribution in [0.2, 0.25) is 0 Å². The maximum atomic E-state index is 13.5. The first-order chi connectivity index (χ1) is 9.11. The number of ether oxygens (including phenoxy) is 1. The van der Waals surface area contributed by atoms with Crippen LogP contribution < -0.4 is 0 Å². The molecule has 1 aliphatic rings. The van der Waals surface area contributed by atoms with Gasteiger partial charge in [0.25, 0.3) is 0 Å². The van der Waals surface area contributed by atoms with E-state index >= 15 is 0 Å². The highest BCUT2D eigenvalue weighted by Crippen LogP contribution is 2.14. The maximum Gasteiger partial charge on any atom is 0.182 e. The van der Waals surface area contributed by atoms with Crippen molar-refractivity contribution in [2.45, 2.75) is 6.10 Å². The van der Waals surface area contributed by atoms with Crippen LogP contribution in [-0.4, -0.2) is 54.7 Å². The fraction of sp³-hybridized carbons (Fsp3) is 0.462. The number of carbonyl (C=O) groups excluding carboxylic acids is 1. The number of aliphatic hydroxyl groups excluding tert-OH is 1. The van der Waals surface area contributed by atoms with Crippen molar-refractivity contribution in [2.75, 3.05) is 32.8 Å². The van der Waals surface area contributed by atoms with E-state index in [2.05, 4.69) is 0 Å². The standard InChI is InChI=1S/C13H15F2NO3/c14-10-2-1-3-11(15)13(10)12(18)7-16-4-5-19-9(6-16)8-17/h1-3,9,17H,4-8H2. The molecule has 0 aliphatic carbocycles. The second kappa shape index (κ2) is 6.18.